The smallest absolute Gasteiger partial charge is 0.339 e. The first-order valence-corrected chi connectivity index (χ1v) is 4.16. The van der Waals surface area contributed by atoms with Crippen molar-refractivity contribution in [2.45, 2.75) is 13.3 Å². The molecule has 0 aliphatic heterocycles. The van der Waals surface area contributed by atoms with Gasteiger partial charge < -0.3 is 5.11 Å². The molecule has 0 amide bonds. The van der Waals surface area contributed by atoms with Crippen LogP contribution in [-0.4, -0.2) is 11.1 Å². The van der Waals surface area contributed by atoms with Crippen molar-refractivity contribution in [3.8, 4) is 0 Å². The van der Waals surface area contributed by atoms with Gasteiger partial charge in [-0.25, -0.2) is 9.18 Å². The number of aromatic carboxylic acids is 1. The fourth-order valence-corrected chi connectivity index (χ4v) is 1.27. The zero-order valence-electron chi connectivity index (χ0n) is 6.97. The van der Waals surface area contributed by atoms with Crippen molar-refractivity contribution in [3.63, 3.8) is 0 Å². The van der Waals surface area contributed by atoms with Crippen LogP contribution in [0.3, 0.4) is 0 Å². The normalized spacial score (nSPS) is 10.1. The van der Waals surface area contributed by atoms with E-state index in [-0.39, 0.29) is 10.6 Å². The van der Waals surface area contributed by atoms with Crippen LogP contribution in [0.2, 0.25) is 5.02 Å². The number of hydrogen-bond acceptors (Lipinski definition) is 1. The third-order valence-corrected chi connectivity index (χ3v) is 2.07. The average molecular weight is 203 g/mol. The highest BCUT2D eigenvalue weighted by molar-refractivity contribution is 6.31. The summed E-state index contributed by atoms with van der Waals surface area (Å²) in [6.45, 7) is 1.76. The minimum absolute atomic E-state index is 0.158. The van der Waals surface area contributed by atoms with Crippen molar-refractivity contribution in [3.05, 3.63) is 34.1 Å². The number of aryl methyl sites for hydroxylation is 1. The molecule has 0 aliphatic rings. The van der Waals surface area contributed by atoms with Gasteiger partial charge in [0.25, 0.3) is 0 Å². The molecule has 0 saturated heterocycles. The molecule has 70 valence electrons. The molecule has 0 fully saturated rings. The summed E-state index contributed by atoms with van der Waals surface area (Å²) in [7, 11) is 0. The lowest BCUT2D eigenvalue weighted by Crippen LogP contribution is -2.05. The van der Waals surface area contributed by atoms with Gasteiger partial charge in [0, 0.05) is 0 Å². The van der Waals surface area contributed by atoms with E-state index in [9.17, 15) is 9.18 Å². The van der Waals surface area contributed by atoms with E-state index >= 15 is 0 Å². The molecule has 1 rings (SSSR count). The molecule has 1 N–H and O–H groups in total. The molecular weight excluding hydrogens is 195 g/mol. The summed E-state index contributed by atoms with van der Waals surface area (Å²) >= 11 is 5.45. The minimum atomic E-state index is -1.28. The number of rotatable bonds is 2. The van der Waals surface area contributed by atoms with Crippen LogP contribution in [0.25, 0.3) is 0 Å². The van der Waals surface area contributed by atoms with Crippen LogP contribution < -0.4 is 0 Å². The number of carboxylic acid groups (broad SMARTS) is 1. The van der Waals surface area contributed by atoms with Crippen LogP contribution in [0.5, 0.6) is 0 Å². The summed E-state index contributed by atoms with van der Waals surface area (Å²) in [6, 6.07) is 2.89. The minimum Gasteiger partial charge on any atom is -0.478 e. The Bertz CT molecular complexity index is 350. The predicted octanol–water partition coefficient (Wildman–Crippen LogP) is 2.74. The molecule has 0 aromatic heterocycles. The Morgan fingerprint density at radius 3 is 2.69 bits per heavy atom. The Hall–Kier alpha value is -1.09. The molecule has 0 spiro atoms. The highest BCUT2D eigenvalue weighted by atomic mass is 35.5. The number of carboxylic acids is 1. The highest BCUT2D eigenvalue weighted by Crippen LogP contribution is 2.22. The molecule has 0 saturated carbocycles. The molecule has 0 unspecified atom stereocenters. The maximum Gasteiger partial charge on any atom is 0.339 e. The highest BCUT2D eigenvalue weighted by Gasteiger charge is 2.17. The lowest BCUT2D eigenvalue weighted by atomic mass is 10.1. The lowest BCUT2D eigenvalue weighted by Gasteiger charge is -2.05. The van der Waals surface area contributed by atoms with Crippen LogP contribution in [-0.2, 0) is 6.42 Å². The molecule has 1 aromatic rings. The molecule has 0 heterocycles. The number of hydrogen-bond donors (Lipinski definition) is 1. The van der Waals surface area contributed by atoms with E-state index in [1.165, 1.54) is 12.1 Å². The average Bonchev–Trinajstić information content (AvgIpc) is 2.08. The molecule has 13 heavy (non-hydrogen) atoms. The third kappa shape index (κ3) is 1.80. The van der Waals surface area contributed by atoms with Gasteiger partial charge in [-0.1, -0.05) is 24.6 Å². The zero-order chi connectivity index (χ0) is 10.0. The van der Waals surface area contributed by atoms with Gasteiger partial charge in [0.15, 0.2) is 5.82 Å². The second-order valence-electron chi connectivity index (χ2n) is 2.55. The fourth-order valence-electron chi connectivity index (χ4n) is 1.12. The van der Waals surface area contributed by atoms with Crippen molar-refractivity contribution in [1.82, 2.24) is 0 Å². The molecule has 0 aliphatic carbocycles. The molecule has 0 atom stereocenters. The fraction of sp³-hybridized carbons (Fsp3) is 0.222. The van der Waals surface area contributed by atoms with Crippen molar-refractivity contribution >= 4 is 17.6 Å². The van der Waals surface area contributed by atoms with Crippen LogP contribution in [0.4, 0.5) is 4.39 Å². The summed E-state index contributed by atoms with van der Waals surface area (Å²) < 4.78 is 13.2. The number of benzene rings is 1. The lowest BCUT2D eigenvalue weighted by molar-refractivity contribution is 0.0690. The molecular formula is C9H8ClFO2. The Kier molecular flexibility index (Phi) is 2.88. The first-order chi connectivity index (χ1) is 6.07. The van der Waals surface area contributed by atoms with Gasteiger partial charge in [-0.3, -0.25) is 0 Å². The van der Waals surface area contributed by atoms with Gasteiger partial charge in [-0.2, -0.15) is 0 Å². The summed E-state index contributed by atoms with van der Waals surface area (Å²) in [5.41, 5.74) is 0.129. The Morgan fingerprint density at radius 1 is 1.62 bits per heavy atom. The quantitative estimate of drug-likeness (QED) is 0.801. The summed E-state index contributed by atoms with van der Waals surface area (Å²) in [5, 5.41) is 8.55. The second kappa shape index (κ2) is 3.75. The topological polar surface area (TPSA) is 37.3 Å². The van der Waals surface area contributed by atoms with Gasteiger partial charge in [-0.05, 0) is 18.1 Å². The van der Waals surface area contributed by atoms with E-state index in [0.29, 0.717) is 12.0 Å². The van der Waals surface area contributed by atoms with Gasteiger partial charge in [-0.15, -0.1) is 0 Å². The van der Waals surface area contributed by atoms with E-state index < -0.39 is 11.8 Å². The first-order valence-electron chi connectivity index (χ1n) is 3.78. The van der Waals surface area contributed by atoms with Gasteiger partial charge >= 0.3 is 5.97 Å². The van der Waals surface area contributed by atoms with E-state index in [4.69, 9.17) is 16.7 Å². The van der Waals surface area contributed by atoms with Crippen molar-refractivity contribution < 1.29 is 14.3 Å². The zero-order valence-corrected chi connectivity index (χ0v) is 7.73. The van der Waals surface area contributed by atoms with Gasteiger partial charge in [0.1, 0.15) is 0 Å². The Morgan fingerprint density at radius 2 is 2.23 bits per heavy atom. The van der Waals surface area contributed by atoms with Crippen LogP contribution in [0, 0.1) is 5.82 Å². The molecule has 1 aromatic carbocycles. The Labute approximate surface area is 80.0 Å². The van der Waals surface area contributed by atoms with Crippen LogP contribution in [0.15, 0.2) is 12.1 Å². The van der Waals surface area contributed by atoms with Crippen molar-refractivity contribution in [2.75, 3.05) is 0 Å². The number of halogens is 2. The SMILES string of the molecule is CCc1ccc(Cl)c(F)c1C(=O)O. The van der Waals surface area contributed by atoms with Gasteiger partial charge in [0.2, 0.25) is 0 Å². The molecule has 4 heteroatoms. The molecule has 0 radical (unpaired) electrons. The standard InChI is InChI=1S/C9H8ClFO2/c1-2-5-3-4-6(10)8(11)7(5)9(12)13/h3-4H,2H2,1H3,(H,12,13). The molecule has 0 bridgehead atoms. The first kappa shape index (κ1) is 9.99. The third-order valence-electron chi connectivity index (χ3n) is 1.78. The monoisotopic (exact) mass is 202 g/mol. The maximum atomic E-state index is 13.2. The largest absolute Gasteiger partial charge is 0.478 e. The van der Waals surface area contributed by atoms with E-state index in [0.717, 1.165) is 0 Å². The van der Waals surface area contributed by atoms with Crippen molar-refractivity contribution in [1.29, 1.82) is 0 Å². The summed E-state index contributed by atoms with van der Waals surface area (Å²) in [4.78, 5) is 10.7. The van der Waals surface area contributed by atoms with E-state index in [1.807, 2.05) is 0 Å². The van der Waals surface area contributed by atoms with E-state index in [1.54, 1.807) is 6.92 Å². The second-order valence-corrected chi connectivity index (χ2v) is 2.96. The Balaban J connectivity index is 3.41. The molecule has 2 nitrogen and oxygen atoms in total. The maximum absolute atomic E-state index is 13.2. The number of carbonyl (C=O) groups is 1. The van der Waals surface area contributed by atoms with Crippen LogP contribution >= 0.6 is 11.6 Å². The summed E-state index contributed by atoms with van der Waals surface area (Å²) in [5.74, 6) is -2.13. The van der Waals surface area contributed by atoms with Gasteiger partial charge in [0.05, 0.1) is 10.6 Å². The van der Waals surface area contributed by atoms with E-state index in [2.05, 4.69) is 0 Å². The summed E-state index contributed by atoms with van der Waals surface area (Å²) in [6.07, 6.45) is 0.468. The predicted molar refractivity (Wildman–Crippen MR) is 47.7 cm³/mol. The van der Waals surface area contributed by atoms with Crippen LogP contribution in [0.1, 0.15) is 22.8 Å². The van der Waals surface area contributed by atoms with Crippen molar-refractivity contribution in [2.24, 2.45) is 0 Å².